The number of halogens is 1. The second kappa shape index (κ2) is 50.2. The molecule has 2 fully saturated rings. The monoisotopic (exact) mass is 1880 g/mol. The van der Waals surface area contributed by atoms with Crippen molar-refractivity contribution in [2.24, 2.45) is 10.8 Å². The Kier molecular flexibility index (Phi) is 42.2. The number of benzene rings is 10. The molecule has 10 aromatic rings. The Morgan fingerprint density at radius 2 is 0.758 bits per heavy atom. The summed E-state index contributed by atoms with van der Waals surface area (Å²) in [6.07, 6.45) is 8.10. The number of carbonyl (C=O) groups excluding carboxylic acids is 5. The van der Waals surface area contributed by atoms with Crippen LogP contribution in [-0.4, -0.2) is 102 Å². The third-order valence-electron chi connectivity index (χ3n) is 23.4. The first-order valence-corrected chi connectivity index (χ1v) is 47.1. The van der Waals surface area contributed by atoms with E-state index in [1.807, 2.05) is 124 Å². The van der Waals surface area contributed by atoms with E-state index in [-0.39, 0.29) is 95.5 Å². The van der Waals surface area contributed by atoms with Crippen molar-refractivity contribution < 1.29 is 71.7 Å². The molecule has 2 N–H and O–H groups in total. The molecule has 0 bridgehead atoms. The molecule has 2 aliphatic heterocycles. The van der Waals surface area contributed by atoms with Crippen LogP contribution in [0.1, 0.15) is 229 Å². The molecule has 2 atom stereocenters. The van der Waals surface area contributed by atoms with Gasteiger partial charge < -0.3 is 44.7 Å². The first-order chi connectivity index (χ1) is 60.1. The number of nitrogens with one attached hydrogen (secondary N) is 2. The van der Waals surface area contributed by atoms with Crippen LogP contribution in [0.5, 0.6) is 11.5 Å². The quantitative estimate of drug-likeness (QED) is 0.0147. The summed E-state index contributed by atoms with van der Waals surface area (Å²) < 4.78 is 34.4. The number of methoxy groups -OCH3 is 2. The SMILES string of the molecule is C=CCc1ccc(C(=O)NN(C(=O)c2cc(C)cc(C)c2)[C@H](CCC)C(C)(C)C)c(C)c1OC.CC1(C)OCOC1(C)C.CCC[C@@H](N(NC(=O)c1ccc(CCCB2OC(C)(C)C(C)(C)O2)c(OC)c1C)C(=O)c1cc(C)cc(C)c1)C(C)(C)C.O=[C-]Cl.[Rh].c1ccc(P(c2ccccc2)c2ccccc2)cc1.c1ccc(P(c2ccccc2)c2ccccc2)cc1. The molecule has 0 aromatic heterocycles. The first kappa shape index (κ1) is 108. The molecule has 12 rings (SSSR count). The van der Waals surface area contributed by atoms with Gasteiger partial charge in [-0.05, 0) is 235 Å². The minimum atomic E-state index is -0.446. The van der Waals surface area contributed by atoms with E-state index in [0.717, 1.165) is 95.1 Å². The normalized spacial score (nSPS) is 14.2. The van der Waals surface area contributed by atoms with Crippen LogP contribution < -0.4 is 52.2 Å². The zero-order valence-electron chi connectivity index (χ0n) is 80.0. The van der Waals surface area contributed by atoms with Gasteiger partial charge in [0.25, 0.3) is 23.6 Å². The molecular formula is C108H137BClN4O11P2Rh-. The van der Waals surface area contributed by atoms with Gasteiger partial charge in [-0.2, -0.15) is 5.75 Å². The minimum absolute atomic E-state index is 0. The summed E-state index contributed by atoms with van der Waals surface area (Å²) in [5.41, 5.74) is 14.1. The molecule has 2 saturated heterocycles. The number of nitrogens with zero attached hydrogens (tertiary/aromatic N) is 2. The van der Waals surface area contributed by atoms with E-state index in [1.54, 1.807) is 36.4 Å². The summed E-state index contributed by atoms with van der Waals surface area (Å²) in [6.45, 7) is 49.1. The van der Waals surface area contributed by atoms with Crippen molar-refractivity contribution in [3.63, 3.8) is 0 Å². The summed E-state index contributed by atoms with van der Waals surface area (Å²) in [5.74, 6) is 1.25. The zero-order chi connectivity index (χ0) is 93.6. The number of hydrazine groups is 2. The topological polar surface area (TPSA) is 171 Å². The molecule has 2 aliphatic rings. The Morgan fingerprint density at radius 3 is 1.01 bits per heavy atom. The summed E-state index contributed by atoms with van der Waals surface area (Å²) in [7, 11) is 2.09. The van der Waals surface area contributed by atoms with E-state index in [0.29, 0.717) is 47.0 Å². The minimum Gasteiger partial charge on any atom is -0.525 e. The van der Waals surface area contributed by atoms with Crippen LogP contribution in [0.25, 0.3) is 0 Å². The zero-order valence-corrected chi connectivity index (χ0v) is 84.1. The number of hydrogen-bond donors (Lipinski definition) is 2. The molecule has 1 radical (unpaired) electrons. The number of aryl methyl sites for hydroxylation is 5. The van der Waals surface area contributed by atoms with E-state index < -0.39 is 15.8 Å². The second-order valence-electron chi connectivity index (χ2n) is 36.4. The number of amides is 4. The van der Waals surface area contributed by atoms with Gasteiger partial charge in [0.2, 0.25) is 0 Å². The smallest absolute Gasteiger partial charge is 0.457 e. The van der Waals surface area contributed by atoms with E-state index in [1.165, 1.54) is 31.8 Å². The maximum absolute atomic E-state index is 14.0. The molecule has 0 unspecified atom stereocenters. The number of ether oxygens (including phenoxy) is 4. The van der Waals surface area contributed by atoms with E-state index in [9.17, 15) is 19.2 Å². The fourth-order valence-electron chi connectivity index (χ4n) is 15.4. The van der Waals surface area contributed by atoms with Gasteiger partial charge in [-0.25, -0.2) is 10.0 Å². The standard InChI is InChI=1S/C35H53BN2O5.C29H40N2O3.2C18H15P.C7H14O2.CClO.Rh/c1-13-15-29(33(5,6)7)38(32(40)27-21-23(2)20-24(3)22-27)37-31(39)28-18-17-26(30(41-12)25(28)4)16-14-19-36-42-34(8,9)35(10,11)43-36;1-10-12-22-14-15-24(21(5)26(22)34-9)27(32)30-31(25(13-11-2)29(6,7)8)28(33)23-17-19(3)16-20(4)18-23;2*1-4-10-16(11-5-1)19(17-12-6-2-7-13-17)18-14-8-3-9-15-18;1-6(2)7(3,4)9-5-8-6;2-1-3;/h17-18,20-22,29H,13-16,19H2,1-12H3,(H,37,39);10,14-18,25H,1,11-13H2,2-9H3,(H,30,32);2*1-15H;5H2,1-4H3;;/q;;;;;-1;/t29-;25-;;;;;/m11...../s1. The molecule has 0 saturated carbocycles. The van der Waals surface area contributed by atoms with Gasteiger partial charge in [-0.3, -0.25) is 30.0 Å². The Hall–Kier alpha value is -9.23. The number of carbonyl (C=O) groups is 4. The van der Waals surface area contributed by atoms with Crippen molar-refractivity contribution in [3.05, 3.63) is 322 Å². The molecule has 2 heterocycles. The van der Waals surface area contributed by atoms with Crippen molar-refractivity contribution >= 4 is 95.8 Å². The average Bonchev–Trinajstić information content (AvgIpc) is 1.58. The van der Waals surface area contributed by atoms with Crippen molar-refractivity contribution in [2.75, 3.05) is 21.0 Å². The molecule has 15 nitrogen and oxygen atoms in total. The second-order valence-corrected chi connectivity index (χ2v) is 41.0. The van der Waals surface area contributed by atoms with Gasteiger partial charge in [0.1, 0.15) is 18.3 Å². The number of hydrogen-bond acceptors (Lipinski definition) is 11. The Bertz CT molecular complexity index is 4800. The molecule has 685 valence electrons. The van der Waals surface area contributed by atoms with Gasteiger partial charge in [0.05, 0.1) is 48.7 Å². The summed E-state index contributed by atoms with van der Waals surface area (Å²) in [6, 6.07) is 83.3. The van der Waals surface area contributed by atoms with Crippen molar-refractivity contribution in [2.45, 2.75) is 238 Å². The van der Waals surface area contributed by atoms with E-state index in [2.05, 4.69) is 294 Å². The maximum Gasteiger partial charge on any atom is 0.457 e. The van der Waals surface area contributed by atoms with Crippen molar-refractivity contribution in [1.82, 2.24) is 20.9 Å². The summed E-state index contributed by atoms with van der Waals surface area (Å²) >= 11 is 4.19. The van der Waals surface area contributed by atoms with Crippen LogP contribution in [0.4, 0.5) is 0 Å². The summed E-state index contributed by atoms with van der Waals surface area (Å²) in [4.78, 5) is 63.7. The van der Waals surface area contributed by atoms with Crippen LogP contribution >= 0.6 is 27.4 Å². The molecule has 0 aliphatic carbocycles. The molecule has 20 heteroatoms. The predicted molar refractivity (Wildman–Crippen MR) is 531 cm³/mol. The van der Waals surface area contributed by atoms with Gasteiger partial charge >= 0.3 is 7.12 Å². The Morgan fingerprint density at radius 1 is 0.477 bits per heavy atom. The molecule has 4 amide bonds. The van der Waals surface area contributed by atoms with E-state index in [4.69, 9.17) is 33.1 Å². The van der Waals surface area contributed by atoms with Crippen LogP contribution in [-0.2, 0) is 55.9 Å². The molecular weight excluding hydrogens is 1740 g/mol. The summed E-state index contributed by atoms with van der Waals surface area (Å²) in [5, 5.41) is 11.5. The van der Waals surface area contributed by atoms with Gasteiger partial charge in [-0.1, -0.05) is 309 Å². The maximum atomic E-state index is 14.0. The fourth-order valence-corrected chi connectivity index (χ4v) is 20.1. The van der Waals surface area contributed by atoms with E-state index >= 15 is 0 Å². The average molecular weight is 1880 g/mol. The van der Waals surface area contributed by atoms with Crippen LogP contribution in [0.2, 0.25) is 6.32 Å². The third-order valence-corrected chi connectivity index (χ3v) is 28.3. The van der Waals surface area contributed by atoms with Crippen molar-refractivity contribution in [3.8, 4) is 11.5 Å². The van der Waals surface area contributed by atoms with Crippen LogP contribution in [0.15, 0.2) is 255 Å². The Balaban J connectivity index is 0.000000262. The third kappa shape index (κ3) is 30.2. The predicted octanol–water partition coefficient (Wildman–Crippen LogP) is 22.7. The van der Waals surface area contributed by atoms with Gasteiger partial charge in [-0.15, -0.1) is 6.58 Å². The molecule has 0 spiro atoms. The number of allylic oxidation sites excluding steroid dienone is 1. The van der Waals surface area contributed by atoms with Gasteiger partial charge in [0, 0.05) is 52.9 Å². The molecule has 128 heavy (non-hydrogen) atoms. The first-order valence-electron chi connectivity index (χ1n) is 44.0. The number of rotatable bonds is 24. The van der Waals surface area contributed by atoms with Crippen LogP contribution in [0, 0.1) is 52.4 Å². The van der Waals surface area contributed by atoms with Gasteiger partial charge in [0.15, 0.2) is 0 Å². The Labute approximate surface area is 786 Å². The fraction of sp³-hybridized carbons (Fsp3) is 0.380. The largest absolute Gasteiger partial charge is 0.525 e. The van der Waals surface area contributed by atoms with Crippen LogP contribution in [0.3, 0.4) is 0 Å². The molecule has 10 aromatic carbocycles. The van der Waals surface area contributed by atoms with Crippen molar-refractivity contribution in [1.29, 1.82) is 0 Å².